The fraction of sp³-hybridized carbons (Fsp3) is 0.133. The first kappa shape index (κ1) is 15.8. The number of carbonyl (C=O) groups excluding carboxylic acids is 2. The predicted octanol–water partition coefficient (Wildman–Crippen LogP) is 2.58. The van der Waals surface area contributed by atoms with Gasteiger partial charge < -0.3 is 15.6 Å². The lowest BCUT2D eigenvalue weighted by atomic mass is 10.1. The van der Waals surface area contributed by atoms with Crippen LogP contribution in [-0.4, -0.2) is 35.0 Å². The number of aromatic nitrogens is 2. The van der Waals surface area contributed by atoms with Crippen molar-refractivity contribution >= 4 is 39.3 Å². The molecular formula is C15H11F3N4O2. The summed E-state index contributed by atoms with van der Waals surface area (Å²) in [5.74, 6) is -2.44. The number of H-pyrrole nitrogens is 1. The van der Waals surface area contributed by atoms with E-state index in [2.05, 4.69) is 15.3 Å². The third-order valence-corrected chi connectivity index (χ3v) is 3.48. The summed E-state index contributed by atoms with van der Waals surface area (Å²) in [5.41, 5.74) is 1.25. The van der Waals surface area contributed by atoms with Gasteiger partial charge in [-0.05, 0) is 24.3 Å². The lowest BCUT2D eigenvalue weighted by Crippen LogP contribution is -2.29. The first-order chi connectivity index (χ1) is 11.3. The number of nitrogens with zero attached hydrogens (tertiary/aromatic N) is 1. The molecule has 0 radical (unpaired) electrons. The maximum atomic E-state index is 12.4. The van der Waals surface area contributed by atoms with Crippen molar-refractivity contribution in [3.63, 3.8) is 0 Å². The van der Waals surface area contributed by atoms with Gasteiger partial charge in [0.25, 0.3) is 5.91 Å². The Hall–Kier alpha value is -3.10. The number of anilines is 1. The number of halogens is 3. The van der Waals surface area contributed by atoms with E-state index in [-0.39, 0.29) is 11.4 Å². The second-order valence-corrected chi connectivity index (χ2v) is 5.00. The standard InChI is InChI=1S/C15H11F3N4O2/c1-19-13(23)12-11-8(4-5-20-12)9-6-7(2-3-10(9)22-11)21-14(24)15(16,17)18/h2-6,22H,1H3,(H,19,23)(H,21,24). The number of carbonyl (C=O) groups is 2. The molecule has 0 saturated carbocycles. The van der Waals surface area contributed by atoms with E-state index in [1.165, 1.54) is 31.4 Å². The van der Waals surface area contributed by atoms with Gasteiger partial charge in [0.15, 0.2) is 5.69 Å². The molecule has 0 bridgehead atoms. The van der Waals surface area contributed by atoms with E-state index in [0.29, 0.717) is 21.8 Å². The van der Waals surface area contributed by atoms with Crippen LogP contribution in [0.15, 0.2) is 30.5 Å². The van der Waals surface area contributed by atoms with Crippen LogP contribution in [0.25, 0.3) is 21.8 Å². The molecule has 3 aromatic rings. The second kappa shape index (κ2) is 5.52. The number of amides is 2. The SMILES string of the molecule is CNC(=O)c1nccc2c1[nH]c1ccc(NC(=O)C(F)(F)F)cc12. The minimum Gasteiger partial charge on any atom is -0.354 e. The third-order valence-electron chi connectivity index (χ3n) is 3.48. The number of aromatic amines is 1. The van der Waals surface area contributed by atoms with Crippen molar-refractivity contribution in [1.29, 1.82) is 0 Å². The Bertz CT molecular complexity index is 962. The minimum absolute atomic E-state index is 0.00373. The van der Waals surface area contributed by atoms with Crippen LogP contribution in [0.3, 0.4) is 0 Å². The molecule has 0 aliphatic carbocycles. The largest absolute Gasteiger partial charge is 0.471 e. The summed E-state index contributed by atoms with van der Waals surface area (Å²) < 4.78 is 37.1. The van der Waals surface area contributed by atoms with Gasteiger partial charge in [0.2, 0.25) is 0 Å². The Morgan fingerprint density at radius 3 is 2.58 bits per heavy atom. The number of hydrogen-bond donors (Lipinski definition) is 3. The topological polar surface area (TPSA) is 86.9 Å². The Morgan fingerprint density at radius 1 is 1.17 bits per heavy atom. The van der Waals surface area contributed by atoms with Crippen LogP contribution in [0.4, 0.5) is 18.9 Å². The molecule has 0 aliphatic rings. The molecule has 0 fully saturated rings. The summed E-state index contributed by atoms with van der Waals surface area (Å²) in [5, 5.41) is 5.45. The average molecular weight is 336 g/mol. The monoisotopic (exact) mass is 336 g/mol. The van der Waals surface area contributed by atoms with E-state index in [0.717, 1.165) is 0 Å². The Morgan fingerprint density at radius 2 is 1.92 bits per heavy atom. The third kappa shape index (κ3) is 2.64. The highest BCUT2D eigenvalue weighted by molar-refractivity contribution is 6.14. The van der Waals surface area contributed by atoms with E-state index in [1.54, 1.807) is 11.4 Å². The van der Waals surface area contributed by atoms with E-state index in [4.69, 9.17) is 0 Å². The molecule has 1 aromatic carbocycles. The van der Waals surface area contributed by atoms with Crippen molar-refractivity contribution in [2.24, 2.45) is 0 Å². The number of alkyl halides is 3. The summed E-state index contributed by atoms with van der Waals surface area (Å²) in [4.78, 5) is 29.9. The fourth-order valence-electron chi connectivity index (χ4n) is 2.39. The number of fused-ring (bicyclic) bond motifs is 3. The number of pyridine rings is 1. The molecule has 124 valence electrons. The van der Waals surface area contributed by atoms with Crippen LogP contribution in [0.2, 0.25) is 0 Å². The summed E-state index contributed by atoms with van der Waals surface area (Å²) in [6.45, 7) is 0. The first-order valence-corrected chi connectivity index (χ1v) is 6.82. The van der Waals surface area contributed by atoms with Crippen LogP contribution in [0.1, 0.15) is 10.5 Å². The molecule has 9 heteroatoms. The second-order valence-electron chi connectivity index (χ2n) is 5.00. The van der Waals surface area contributed by atoms with Crippen molar-refractivity contribution in [3.8, 4) is 0 Å². The Labute approximate surface area is 133 Å². The highest BCUT2D eigenvalue weighted by Crippen LogP contribution is 2.29. The zero-order chi connectivity index (χ0) is 17.5. The quantitative estimate of drug-likeness (QED) is 0.672. The molecule has 0 spiro atoms. The van der Waals surface area contributed by atoms with Crippen molar-refractivity contribution in [2.75, 3.05) is 12.4 Å². The van der Waals surface area contributed by atoms with E-state index < -0.39 is 18.0 Å². The van der Waals surface area contributed by atoms with Gasteiger partial charge in [-0.15, -0.1) is 0 Å². The fourth-order valence-corrected chi connectivity index (χ4v) is 2.39. The molecule has 6 nitrogen and oxygen atoms in total. The van der Waals surface area contributed by atoms with Crippen molar-refractivity contribution in [3.05, 3.63) is 36.2 Å². The van der Waals surface area contributed by atoms with E-state index in [1.807, 2.05) is 0 Å². The molecule has 2 heterocycles. The highest BCUT2D eigenvalue weighted by Gasteiger charge is 2.38. The Kier molecular flexibility index (Phi) is 3.63. The molecule has 2 aromatic heterocycles. The lowest BCUT2D eigenvalue weighted by Gasteiger charge is -2.07. The van der Waals surface area contributed by atoms with Gasteiger partial charge in [-0.25, -0.2) is 4.98 Å². The summed E-state index contributed by atoms with van der Waals surface area (Å²) in [6, 6.07) is 5.91. The number of benzene rings is 1. The normalized spacial score (nSPS) is 11.7. The molecule has 0 aliphatic heterocycles. The van der Waals surface area contributed by atoms with Crippen molar-refractivity contribution in [1.82, 2.24) is 15.3 Å². The molecule has 3 rings (SSSR count). The van der Waals surface area contributed by atoms with Crippen LogP contribution in [-0.2, 0) is 4.79 Å². The zero-order valence-corrected chi connectivity index (χ0v) is 12.3. The highest BCUT2D eigenvalue weighted by atomic mass is 19.4. The molecule has 0 atom stereocenters. The number of rotatable bonds is 2. The van der Waals surface area contributed by atoms with Gasteiger partial charge in [-0.3, -0.25) is 9.59 Å². The summed E-state index contributed by atoms with van der Waals surface area (Å²) in [7, 11) is 1.47. The van der Waals surface area contributed by atoms with Gasteiger partial charge >= 0.3 is 12.1 Å². The van der Waals surface area contributed by atoms with E-state index >= 15 is 0 Å². The molecule has 2 amide bonds. The van der Waals surface area contributed by atoms with Gasteiger partial charge in [-0.2, -0.15) is 13.2 Å². The predicted molar refractivity (Wildman–Crippen MR) is 81.7 cm³/mol. The number of hydrogen-bond acceptors (Lipinski definition) is 3. The lowest BCUT2D eigenvalue weighted by molar-refractivity contribution is -0.167. The zero-order valence-electron chi connectivity index (χ0n) is 12.3. The Balaban J connectivity index is 2.11. The van der Waals surface area contributed by atoms with Gasteiger partial charge in [0.05, 0.1) is 5.52 Å². The van der Waals surface area contributed by atoms with Crippen LogP contribution in [0.5, 0.6) is 0 Å². The molecule has 24 heavy (non-hydrogen) atoms. The smallest absolute Gasteiger partial charge is 0.354 e. The van der Waals surface area contributed by atoms with Gasteiger partial charge in [0.1, 0.15) is 0 Å². The van der Waals surface area contributed by atoms with Crippen molar-refractivity contribution < 1.29 is 22.8 Å². The molecule has 0 unspecified atom stereocenters. The van der Waals surface area contributed by atoms with E-state index in [9.17, 15) is 22.8 Å². The minimum atomic E-state index is -4.97. The molecular weight excluding hydrogens is 325 g/mol. The van der Waals surface area contributed by atoms with Gasteiger partial charge in [-0.1, -0.05) is 0 Å². The molecule has 0 saturated heterocycles. The van der Waals surface area contributed by atoms with Crippen LogP contribution < -0.4 is 10.6 Å². The molecule has 3 N–H and O–H groups in total. The number of nitrogens with one attached hydrogen (secondary N) is 3. The van der Waals surface area contributed by atoms with Crippen LogP contribution >= 0.6 is 0 Å². The maximum Gasteiger partial charge on any atom is 0.471 e. The summed E-state index contributed by atoms with van der Waals surface area (Å²) >= 11 is 0. The average Bonchev–Trinajstić information content (AvgIpc) is 2.91. The van der Waals surface area contributed by atoms with Gasteiger partial charge in [0, 0.05) is 35.2 Å². The van der Waals surface area contributed by atoms with Crippen molar-refractivity contribution in [2.45, 2.75) is 6.18 Å². The van der Waals surface area contributed by atoms with Crippen LogP contribution in [0, 0.1) is 0 Å². The maximum absolute atomic E-state index is 12.4. The summed E-state index contributed by atoms with van der Waals surface area (Å²) in [6.07, 6.45) is -3.54. The first-order valence-electron chi connectivity index (χ1n) is 6.82.